The summed E-state index contributed by atoms with van der Waals surface area (Å²) in [5.41, 5.74) is 1.01. The Labute approximate surface area is 59.4 Å². The van der Waals surface area contributed by atoms with E-state index in [1.807, 2.05) is 6.92 Å². The molecular weight excluding hydrogens is 126 g/mol. The zero-order chi connectivity index (χ0) is 7.56. The molecule has 0 amide bonds. The molecule has 1 aromatic rings. The third kappa shape index (κ3) is 1.16. The quantitative estimate of drug-likeness (QED) is 0.568. The summed E-state index contributed by atoms with van der Waals surface area (Å²) in [5, 5.41) is 0. The van der Waals surface area contributed by atoms with Crippen LogP contribution in [0.3, 0.4) is 0 Å². The third-order valence-electron chi connectivity index (χ3n) is 1.28. The zero-order valence-electron chi connectivity index (χ0n) is 5.87. The summed E-state index contributed by atoms with van der Waals surface area (Å²) in [6, 6.07) is 3.30. The lowest BCUT2D eigenvalue weighted by molar-refractivity contribution is 1.04. The van der Waals surface area contributed by atoms with Gasteiger partial charge in [-0.1, -0.05) is 12.6 Å². The van der Waals surface area contributed by atoms with Gasteiger partial charge in [0.1, 0.15) is 0 Å². The molecule has 2 nitrogen and oxygen atoms in total. The molecule has 0 saturated carbocycles. The van der Waals surface area contributed by atoms with Gasteiger partial charge in [0.05, 0.1) is 0 Å². The second-order valence-electron chi connectivity index (χ2n) is 2.13. The summed E-state index contributed by atoms with van der Waals surface area (Å²) in [5.74, 6) is 0. The lowest BCUT2D eigenvalue weighted by Gasteiger charge is -1.96. The van der Waals surface area contributed by atoms with Crippen LogP contribution in [-0.2, 0) is 0 Å². The second-order valence-corrected chi connectivity index (χ2v) is 2.13. The Kier molecular flexibility index (Phi) is 1.71. The lowest BCUT2D eigenvalue weighted by Crippen LogP contribution is -2.12. The van der Waals surface area contributed by atoms with Crippen LogP contribution in [0.1, 0.15) is 5.56 Å². The average molecular weight is 135 g/mol. The second kappa shape index (κ2) is 2.52. The van der Waals surface area contributed by atoms with E-state index in [9.17, 15) is 4.79 Å². The van der Waals surface area contributed by atoms with E-state index in [-0.39, 0.29) is 5.56 Å². The summed E-state index contributed by atoms with van der Waals surface area (Å²) < 4.78 is 1.45. The molecule has 1 rings (SSSR count). The van der Waals surface area contributed by atoms with Crippen LogP contribution in [0.2, 0.25) is 0 Å². The van der Waals surface area contributed by atoms with E-state index in [2.05, 4.69) is 6.58 Å². The zero-order valence-corrected chi connectivity index (χ0v) is 5.87. The molecule has 1 heterocycles. The fraction of sp³-hybridized carbons (Fsp3) is 0.125. The van der Waals surface area contributed by atoms with E-state index >= 15 is 0 Å². The standard InChI is InChI=1S/C8H9NO/c1-3-9-6-7(2)4-5-8(9)10/h3-6H,1H2,2H3. The van der Waals surface area contributed by atoms with Gasteiger partial charge in [0.2, 0.25) is 0 Å². The number of aryl methyl sites for hydroxylation is 1. The predicted molar refractivity (Wildman–Crippen MR) is 41.8 cm³/mol. The van der Waals surface area contributed by atoms with E-state index in [1.165, 1.54) is 16.8 Å². The van der Waals surface area contributed by atoms with E-state index in [0.29, 0.717) is 0 Å². The fourth-order valence-electron chi connectivity index (χ4n) is 0.758. The Balaban J connectivity index is 3.35. The molecule has 2 heteroatoms. The minimum atomic E-state index is -0.0411. The summed E-state index contributed by atoms with van der Waals surface area (Å²) in [6.45, 7) is 5.43. The van der Waals surface area contributed by atoms with Crippen LogP contribution in [0.15, 0.2) is 29.7 Å². The van der Waals surface area contributed by atoms with Crippen molar-refractivity contribution >= 4 is 6.20 Å². The van der Waals surface area contributed by atoms with Crippen LogP contribution in [0.4, 0.5) is 0 Å². The van der Waals surface area contributed by atoms with Gasteiger partial charge in [-0.05, 0) is 12.5 Å². The largest absolute Gasteiger partial charge is 0.291 e. The number of pyridine rings is 1. The van der Waals surface area contributed by atoms with Crippen LogP contribution >= 0.6 is 0 Å². The maximum Gasteiger partial charge on any atom is 0.254 e. The summed E-state index contributed by atoms with van der Waals surface area (Å²) >= 11 is 0. The highest BCUT2D eigenvalue weighted by Gasteiger charge is 1.88. The number of nitrogens with zero attached hydrogens (tertiary/aromatic N) is 1. The van der Waals surface area contributed by atoms with Crippen molar-refractivity contribution < 1.29 is 0 Å². The van der Waals surface area contributed by atoms with Gasteiger partial charge < -0.3 is 0 Å². The highest BCUT2D eigenvalue weighted by Crippen LogP contribution is 1.90. The topological polar surface area (TPSA) is 22.0 Å². The van der Waals surface area contributed by atoms with Crippen LogP contribution < -0.4 is 5.56 Å². The first kappa shape index (κ1) is 6.81. The van der Waals surface area contributed by atoms with Crippen LogP contribution in [0.25, 0.3) is 6.20 Å². The molecule has 0 aliphatic rings. The highest BCUT2D eigenvalue weighted by atomic mass is 16.1. The monoisotopic (exact) mass is 135 g/mol. The van der Waals surface area contributed by atoms with E-state index in [0.717, 1.165) is 5.56 Å². The average Bonchev–Trinajstić information content (AvgIpc) is 1.94. The number of hydrogen-bond acceptors (Lipinski definition) is 1. The molecule has 0 N–H and O–H groups in total. The van der Waals surface area contributed by atoms with E-state index < -0.39 is 0 Å². The van der Waals surface area contributed by atoms with Gasteiger partial charge in [0.15, 0.2) is 0 Å². The third-order valence-corrected chi connectivity index (χ3v) is 1.28. The first-order valence-corrected chi connectivity index (χ1v) is 3.05. The molecule has 0 fully saturated rings. The Bertz CT molecular complexity index is 298. The van der Waals surface area contributed by atoms with Crippen LogP contribution in [0, 0.1) is 6.92 Å². The van der Waals surface area contributed by atoms with Gasteiger partial charge in [-0.2, -0.15) is 0 Å². The maximum absolute atomic E-state index is 10.9. The number of hydrogen-bond donors (Lipinski definition) is 0. The molecule has 0 atom stereocenters. The van der Waals surface area contributed by atoms with Crippen molar-refractivity contribution in [3.63, 3.8) is 0 Å². The Hall–Kier alpha value is -1.31. The van der Waals surface area contributed by atoms with Gasteiger partial charge in [-0.15, -0.1) is 0 Å². The Morgan fingerprint density at radius 1 is 1.60 bits per heavy atom. The van der Waals surface area contributed by atoms with Gasteiger partial charge in [0.25, 0.3) is 5.56 Å². The van der Waals surface area contributed by atoms with Crippen LogP contribution in [-0.4, -0.2) is 4.57 Å². The number of aromatic nitrogens is 1. The summed E-state index contributed by atoms with van der Waals surface area (Å²) in [7, 11) is 0. The van der Waals surface area contributed by atoms with Gasteiger partial charge in [-0.25, -0.2) is 0 Å². The van der Waals surface area contributed by atoms with Gasteiger partial charge in [-0.3, -0.25) is 9.36 Å². The molecule has 0 bridgehead atoms. The lowest BCUT2D eigenvalue weighted by atomic mass is 10.3. The van der Waals surface area contributed by atoms with Gasteiger partial charge in [0, 0.05) is 18.5 Å². The van der Waals surface area contributed by atoms with E-state index in [1.54, 1.807) is 12.3 Å². The highest BCUT2D eigenvalue weighted by molar-refractivity contribution is 5.20. The van der Waals surface area contributed by atoms with Crippen LogP contribution in [0.5, 0.6) is 0 Å². The molecule has 0 spiro atoms. The smallest absolute Gasteiger partial charge is 0.254 e. The summed E-state index contributed by atoms with van der Waals surface area (Å²) in [4.78, 5) is 10.9. The van der Waals surface area contributed by atoms with Crippen molar-refractivity contribution in [2.45, 2.75) is 6.92 Å². The molecule has 0 unspecified atom stereocenters. The van der Waals surface area contributed by atoms with Crippen molar-refractivity contribution in [1.82, 2.24) is 4.57 Å². The fourth-order valence-corrected chi connectivity index (χ4v) is 0.758. The minimum absolute atomic E-state index is 0.0411. The number of rotatable bonds is 1. The van der Waals surface area contributed by atoms with Gasteiger partial charge >= 0.3 is 0 Å². The van der Waals surface area contributed by atoms with Crippen molar-refractivity contribution in [3.8, 4) is 0 Å². The normalized spacial score (nSPS) is 9.30. The minimum Gasteiger partial charge on any atom is -0.291 e. The van der Waals surface area contributed by atoms with E-state index in [4.69, 9.17) is 0 Å². The molecule has 0 aliphatic carbocycles. The molecule has 0 saturated heterocycles. The molecular formula is C8H9NO. The molecule has 0 aromatic carbocycles. The SMILES string of the molecule is C=Cn1cc(C)ccc1=O. The molecule has 0 aliphatic heterocycles. The molecule has 1 aromatic heterocycles. The Morgan fingerprint density at radius 3 is 2.80 bits per heavy atom. The predicted octanol–water partition coefficient (Wildman–Crippen LogP) is 1.26. The summed E-state index contributed by atoms with van der Waals surface area (Å²) in [6.07, 6.45) is 3.24. The first-order valence-electron chi connectivity index (χ1n) is 3.05. The first-order chi connectivity index (χ1) is 4.74. The molecule has 10 heavy (non-hydrogen) atoms. The molecule has 52 valence electrons. The molecule has 0 radical (unpaired) electrons. The van der Waals surface area contributed by atoms with Crippen molar-refractivity contribution in [1.29, 1.82) is 0 Å². The van der Waals surface area contributed by atoms with Crippen molar-refractivity contribution in [2.24, 2.45) is 0 Å². The maximum atomic E-state index is 10.9. The van der Waals surface area contributed by atoms with Crippen molar-refractivity contribution in [3.05, 3.63) is 40.8 Å². The Morgan fingerprint density at radius 2 is 2.30 bits per heavy atom. The van der Waals surface area contributed by atoms with Crippen molar-refractivity contribution in [2.75, 3.05) is 0 Å².